The van der Waals surface area contributed by atoms with Crippen LogP contribution in [0.4, 0.5) is 5.69 Å². The molecule has 3 aromatic rings. The minimum Gasteiger partial charge on any atom is -0.359 e. The number of anilines is 1. The van der Waals surface area contributed by atoms with Crippen molar-refractivity contribution in [1.82, 2.24) is 10.3 Å². The second-order valence-electron chi connectivity index (χ2n) is 5.38. The summed E-state index contributed by atoms with van der Waals surface area (Å²) in [4.78, 5) is 28.2. The Morgan fingerprint density at radius 2 is 1.75 bits per heavy atom. The molecule has 3 rings (SSSR count). The number of pyridine rings is 1. The summed E-state index contributed by atoms with van der Waals surface area (Å²) >= 11 is 0. The fourth-order valence-corrected chi connectivity index (χ4v) is 2.47. The molecule has 0 aliphatic rings. The minimum absolute atomic E-state index is 0.0476. The molecular weight excluding hydrogens is 302 g/mol. The largest absolute Gasteiger partial charge is 0.359 e. The molecule has 0 fully saturated rings. The van der Waals surface area contributed by atoms with E-state index in [1.807, 2.05) is 36.4 Å². The maximum absolute atomic E-state index is 12.5. The molecule has 0 unspecified atom stereocenters. The number of carbonyl (C=O) groups is 2. The van der Waals surface area contributed by atoms with Crippen molar-refractivity contribution < 1.29 is 9.59 Å². The first-order valence-electron chi connectivity index (χ1n) is 7.62. The van der Waals surface area contributed by atoms with E-state index in [9.17, 15) is 9.59 Å². The van der Waals surface area contributed by atoms with Gasteiger partial charge in [-0.15, -0.1) is 0 Å². The molecule has 5 nitrogen and oxygen atoms in total. The lowest BCUT2D eigenvalue weighted by atomic mass is 10.1. The van der Waals surface area contributed by atoms with Crippen LogP contribution >= 0.6 is 0 Å². The summed E-state index contributed by atoms with van der Waals surface area (Å²) in [5.74, 6) is -0.257. The number of hydrogen-bond donors (Lipinski definition) is 2. The van der Waals surface area contributed by atoms with Crippen LogP contribution in [0.3, 0.4) is 0 Å². The monoisotopic (exact) mass is 319 g/mol. The van der Waals surface area contributed by atoms with Crippen molar-refractivity contribution in [2.75, 3.05) is 12.4 Å². The summed E-state index contributed by atoms with van der Waals surface area (Å²) in [6, 6.07) is 16.5. The lowest BCUT2D eigenvalue weighted by Crippen LogP contribution is -2.19. The number of rotatable bonds is 4. The molecule has 0 atom stereocenters. The summed E-state index contributed by atoms with van der Waals surface area (Å²) in [6.45, 7) is 0. The SMILES string of the molecule is CNC(=O)Cc1ccc(NC(=O)c2cccc3cccnc23)cc1. The third kappa shape index (κ3) is 3.41. The molecule has 0 saturated carbocycles. The van der Waals surface area contributed by atoms with Crippen LogP contribution in [-0.2, 0) is 11.2 Å². The number of likely N-dealkylation sites (N-methyl/N-ethyl adjacent to an activating group) is 1. The third-order valence-corrected chi connectivity index (χ3v) is 3.73. The summed E-state index contributed by atoms with van der Waals surface area (Å²) in [5, 5.41) is 6.37. The van der Waals surface area contributed by atoms with Gasteiger partial charge in [-0.05, 0) is 29.8 Å². The van der Waals surface area contributed by atoms with Crippen molar-refractivity contribution in [3.05, 3.63) is 71.9 Å². The highest BCUT2D eigenvalue weighted by molar-refractivity contribution is 6.11. The van der Waals surface area contributed by atoms with Crippen molar-refractivity contribution in [2.24, 2.45) is 0 Å². The lowest BCUT2D eigenvalue weighted by Gasteiger charge is -2.08. The molecule has 5 heteroatoms. The molecule has 0 spiro atoms. The average molecular weight is 319 g/mol. The summed E-state index contributed by atoms with van der Waals surface area (Å²) < 4.78 is 0. The van der Waals surface area contributed by atoms with Crippen molar-refractivity contribution in [3.63, 3.8) is 0 Å². The zero-order valence-electron chi connectivity index (χ0n) is 13.2. The Hall–Kier alpha value is -3.21. The van der Waals surface area contributed by atoms with Crippen LogP contribution in [0.25, 0.3) is 10.9 Å². The van der Waals surface area contributed by atoms with Crippen LogP contribution in [0.2, 0.25) is 0 Å². The van der Waals surface area contributed by atoms with Gasteiger partial charge in [-0.3, -0.25) is 14.6 Å². The third-order valence-electron chi connectivity index (χ3n) is 3.73. The quantitative estimate of drug-likeness (QED) is 0.777. The smallest absolute Gasteiger partial charge is 0.257 e. The highest BCUT2D eigenvalue weighted by Crippen LogP contribution is 2.18. The zero-order valence-corrected chi connectivity index (χ0v) is 13.2. The van der Waals surface area contributed by atoms with Gasteiger partial charge in [-0.1, -0.05) is 30.3 Å². The molecule has 0 bridgehead atoms. The summed E-state index contributed by atoms with van der Waals surface area (Å²) in [7, 11) is 1.61. The maximum Gasteiger partial charge on any atom is 0.257 e. The van der Waals surface area contributed by atoms with E-state index in [0.29, 0.717) is 23.2 Å². The van der Waals surface area contributed by atoms with Crippen LogP contribution in [0.1, 0.15) is 15.9 Å². The van der Waals surface area contributed by atoms with Crippen LogP contribution in [0, 0.1) is 0 Å². The van der Waals surface area contributed by atoms with E-state index < -0.39 is 0 Å². The molecule has 0 radical (unpaired) electrons. The van der Waals surface area contributed by atoms with Gasteiger partial charge in [0.25, 0.3) is 5.91 Å². The van der Waals surface area contributed by atoms with Crippen LogP contribution in [-0.4, -0.2) is 23.8 Å². The topological polar surface area (TPSA) is 71.1 Å². The first-order chi connectivity index (χ1) is 11.7. The van der Waals surface area contributed by atoms with Gasteiger partial charge in [-0.25, -0.2) is 0 Å². The molecule has 2 aromatic carbocycles. The van der Waals surface area contributed by atoms with Crippen molar-refractivity contribution in [2.45, 2.75) is 6.42 Å². The van der Waals surface area contributed by atoms with Gasteiger partial charge in [0.05, 0.1) is 17.5 Å². The van der Waals surface area contributed by atoms with Crippen LogP contribution < -0.4 is 10.6 Å². The Morgan fingerprint density at radius 1 is 1.00 bits per heavy atom. The first kappa shape index (κ1) is 15.7. The predicted molar refractivity (Wildman–Crippen MR) is 93.9 cm³/mol. The molecule has 1 heterocycles. The average Bonchev–Trinajstić information content (AvgIpc) is 2.62. The number of carbonyl (C=O) groups excluding carboxylic acids is 2. The van der Waals surface area contributed by atoms with Crippen LogP contribution in [0.5, 0.6) is 0 Å². The van der Waals surface area contributed by atoms with E-state index in [-0.39, 0.29) is 11.8 Å². The Kier molecular flexibility index (Phi) is 4.52. The molecule has 1 aromatic heterocycles. The molecule has 0 saturated heterocycles. The normalized spacial score (nSPS) is 10.4. The molecule has 0 aliphatic heterocycles. The van der Waals surface area contributed by atoms with Gasteiger partial charge in [-0.2, -0.15) is 0 Å². The number of fused-ring (bicyclic) bond motifs is 1. The van der Waals surface area contributed by atoms with Crippen molar-refractivity contribution in [1.29, 1.82) is 0 Å². The van der Waals surface area contributed by atoms with E-state index in [2.05, 4.69) is 15.6 Å². The lowest BCUT2D eigenvalue weighted by molar-refractivity contribution is -0.119. The maximum atomic E-state index is 12.5. The van der Waals surface area contributed by atoms with E-state index in [4.69, 9.17) is 0 Å². The van der Waals surface area contributed by atoms with E-state index >= 15 is 0 Å². The fourth-order valence-electron chi connectivity index (χ4n) is 2.47. The van der Waals surface area contributed by atoms with Gasteiger partial charge in [0.15, 0.2) is 0 Å². The number of amides is 2. The van der Waals surface area contributed by atoms with E-state index in [1.165, 1.54) is 0 Å². The minimum atomic E-state index is -0.210. The van der Waals surface area contributed by atoms with Gasteiger partial charge >= 0.3 is 0 Å². The Labute approximate surface area is 139 Å². The van der Waals surface area contributed by atoms with E-state index in [1.54, 1.807) is 31.4 Å². The molecule has 0 aliphatic carbocycles. The number of aromatic nitrogens is 1. The molecular formula is C19H17N3O2. The van der Waals surface area contributed by atoms with E-state index in [0.717, 1.165) is 10.9 Å². The zero-order chi connectivity index (χ0) is 16.9. The second-order valence-corrected chi connectivity index (χ2v) is 5.38. The molecule has 24 heavy (non-hydrogen) atoms. The van der Waals surface area contributed by atoms with Gasteiger partial charge in [0.2, 0.25) is 5.91 Å². The predicted octanol–water partition coefficient (Wildman–Crippen LogP) is 2.78. The first-order valence-corrected chi connectivity index (χ1v) is 7.62. The van der Waals surface area contributed by atoms with Crippen LogP contribution in [0.15, 0.2) is 60.8 Å². The molecule has 120 valence electrons. The summed E-state index contributed by atoms with van der Waals surface area (Å²) in [6.07, 6.45) is 1.99. The van der Waals surface area contributed by atoms with Gasteiger partial charge < -0.3 is 10.6 Å². The molecule has 2 N–H and O–H groups in total. The highest BCUT2D eigenvalue weighted by Gasteiger charge is 2.11. The number of nitrogens with one attached hydrogen (secondary N) is 2. The number of hydrogen-bond acceptors (Lipinski definition) is 3. The Bertz CT molecular complexity index is 883. The standard InChI is InChI=1S/C19H17N3O2/c1-20-17(23)12-13-7-9-15(10-8-13)22-19(24)16-6-2-4-14-5-3-11-21-18(14)16/h2-11H,12H2,1H3,(H,20,23)(H,22,24). The Morgan fingerprint density at radius 3 is 2.50 bits per heavy atom. The van der Waals surface area contributed by atoms with Gasteiger partial charge in [0, 0.05) is 24.3 Å². The number of nitrogens with zero attached hydrogens (tertiary/aromatic N) is 1. The van der Waals surface area contributed by atoms with Crippen molar-refractivity contribution in [3.8, 4) is 0 Å². The number of para-hydroxylation sites is 1. The second kappa shape index (κ2) is 6.91. The summed E-state index contributed by atoms with van der Waals surface area (Å²) in [5.41, 5.74) is 2.77. The van der Waals surface area contributed by atoms with Gasteiger partial charge in [0.1, 0.15) is 0 Å². The van der Waals surface area contributed by atoms with Crippen molar-refractivity contribution >= 4 is 28.4 Å². The Balaban J connectivity index is 1.78. The fraction of sp³-hybridized carbons (Fsp3) is 0.105. The number of benzene rings is 2. The molecule has 2 amide bonds. The highest BCUT2D eigenvalue weighted by atomic mass is 16.2.